The molecule has 0 heterocycles. The van der Waals surface area contributed by atoms with E-state index in [0.29, 0.717) is 0 Å². The van der Waals surface area contributed by atoms with Gasteiger partial charge in [-0.15, -0.1) is 0 Å². The Morgan fingerprint density at radius 1 is 1.71 bits per heavy atom. The minimum absolute atomic E-state index is 0.963. The summed E-state index contributed by atoms with van der Waals surface area (Å²) in [6.07, 6.45) is 0. The number of urea groups is 1. The van der Waals surface area contributed by atoms with Crippen LogP contribution in [0.4, 0.5) is 4.79 Å². The number of hydrogen-bond acceptors (Lipinski definition) is 3. The van der Waals surface area contributed by atoms with E-state index in [2.05, 4.69) is 5.73 Å². The van der Waals surface area contributed by atoms with Crippen LogP contribution in [-0.4, -0.2) is 23.3 Å². The van der Waals surface area contributed by atoms with Crippen molar-refractivity contribution in [3.05, 3.63) is 0 Å². The minimum atomic E-state index is -1.85. The smallest absolute Gasteiger partial charge is 0.408 e. The average Bonchev–Trinajstić information content (AvgIpc) is 1.27. The SMILES string of the molecule is NC(=O)NB(O)O. The van der Waals surface area contributed by atoms with Crippen molar-refractivity contribution in [3.8, 4) is 0 Å². The predicted octanol–water partition coefficient (Wildman–Crippen LogP) is -2.38. The number of nitrogens with one attached hydrogen (secondary N) is 1. The second-order valence-electron chi connectivity index (χ2n) is 0.882. The van der Waals surface area contributed by atoms with Gasteiger partial charge in [-0.05, 0) is 0 Å². The largest absolute Gasteiger partial charge is 0.588 e. The Labute approximate surface area is 40.3 Å². The third kappa shape index (κ3) is 5.25. The maximum Gasteiger partial charge on any atom is 0.588 e. The van der Waals surface area contributed by atoms with Crippen molar-refractivity contribution >= 4 is 13.3 Å². The molecule has 0 aliphatic heterocycles. The van der Waals surface area contributed by atoms with Gasteiger partial charge >= 0.3 is 13.3 Å². The fraction of sp³-hybridized carbons (Fsp3) is 0. The van der Waals surface area contributed by atoms with Crippen molar-refractivity contribution in [2.75, 3.05) is 0 Å². The molecule has 0 unspecified atom stereocenters. The Kier molecular flexibility index (Phi) is 2.17. The van der Waals surface area contributed by atoms with Gasteiger partial charge in [-0.2, -0.15) is 0 Å². The Hall–Kier alpha value is -0.745. The van der Waals surface area contributed by atoms with Crippen molar-refractivity contribution in [1.82, 2.24) is 5.23 Å². The first-order valence-corrected chi connectivity index (χ1v) is 1.55. The van der Waals surface area contributed by atoms with Crippen LogP contribution < -0.4 is 11.0 Å². The predicted molar refractivity (Wildman–Crippen MR) is 22.9 cm³/mol. The molecule has 5 nitrogen and oxygen atoms in total. The topological polar surface area (TPSA) is 95.6 Å². The van der Waals surface area contributed by atoms with Crippen molar-refractivity contribution in [3.63, 3.8) is 0 Å². The van der Waals surface area contributed by atoms with E-state index < -0.39 is 13.3 Å². The summed E-state index contributed by atoms with van der Waals surface area (Å²) in [5, 5.41) is 17.3. The van der Waals surface area contributed by atoms with E-state index in [1.165, 1.54) is 0 Å². The summed E-state index contributed by atoms with van der Waals surface area (Å²) in [6, 6.07) is -0.963. The van der Waals surface area contributed by atoms with E-state index in [0.717, 1.165) is 0 Å². The highest BCUT2D eigenvalue weighted by molar-refractivity contribution is 6.41. The Morgan fingerprint density at radius 3 is 2.14 bits per heavy atom. The highest BCUT2D eigenvalue weighted by Gasteiger charge is 2.06. The summed E-state index contributed by atoms with van der Waals surface area (Å²) in [6.45, 7) is 0. The molecular formula is CH5BN2O3. The van der Waals surface area contributed by atoms with Gasteiger partial charge in [0.1, 0.15) is 0 Å². The highest BCUT2D eigenvalue weighted by Crippen LogP contribution is 1.54. The molecular weight excluding hydrogens is 98.8 g/mol. The van der Waals surface area contributed by atoms with E-state index in [-0.39, 0.29) is 0 Å². The number of nitrogens with two attached hydrogens (primary N) is 1. The molecule has 0 aromatic heterocycles. The summed E-state index contributed by atoms with van der Waals surface area (Å²) >= 11 is 0. The number of amides is 2. The van der Waals surface area contributed by atoms with Crippen LogP contribution in [0, 0.1) is 0 Å². The molecule has 0 saturated carbocycles. The number of primary amides is 1. The van der Waals surface area contributed by atoms with Crippen molar-refractivity contribution < 1.29 is 14.8 Å². The molecule has 0 saturated heterocycles. The van der Waals surface area contributed by atoms with Crippen molar-refractivity contribution in [2.24, 2.45) is 5.73 Å². The van der Waals surface area contributed by atoms with Crippen LogP contribution in [-0.2, 0) is 0 Å². The standard InChI is InChI=1S/CH5BN2O3/c3-1(5)4-2(6)7/h6-7H,(H3,3,4,5). The van der Waals surface area contributed by atoms with Gasteiger partial charge in [-0.1, -0.05) is 0 Å². The van der Waals surface area contributed by atoms with Crippen LogP contribution in [0.2, 0.25) is 0 Å². The van der Waals surface area contributed by atoms with Crippen molar-refractivity contribution in [1.29, 1.82) is 0 Å². The van der Waals surface area contributed by atoms with Crippen LogP contribution in [0.15, 0.2) is 0 Å². The molecule has 40 valence electrons. The molecule has 0 radical (unpaired) electrons. The van der Waals surface area contributed by atoms with Gasteiger partial charge in [-0.3, -0.25) is 4.79 Å². The van der Waals surface area contributed by atoms with Gasteiger partial charge in [0.15, 0.2) is 0 Å². The second kappa shape index (κ2) is 2.43. The highest BCUT2D eigenvalue weighted by atomic mass is 16.4. The molecule has 0 aliphatic carbocycles. The van der Waals surface area contributed by atoms with Gasteiger partial charge in [0, 0.05) is 0 Å². The average molecular weight is 104 g/mol. The number of carbonyl (C=O) groups is 1. The first-order valence-electron chi connectivity index (χ1n) is 1.55. The summed E-state index contributed by atoms with van der Waals surface area (Å²) in [4.78, 5) is 9.60. The molecule has 0 aliphatic rings. The fourth-order valence-electron chi connectivity index (χ4n) is 0.127. The van der Waals surface area contributed by atoms with E-state index in [9.17, 15) is 4.79 Å². The van der Waals surface area contributed by atoms with Crippen LogP contribution in [0.3, 0.4) is 0 Å². The van der Waals surface area contributed by atoms with Crippen LogP contribution in [0.5, 0.6) is 0 Å². The number of hydrogen-bond donors (Lipinski definition) is 4. The maximum absolute atomic E-state index is 9.60. The zero-order valence-corrected chi connectivity index (χ0v) is 3.46. The first kappa shape index (κ1) is 6.25. The van der Waals surface area contributed by atoms with Gasteiger partial charge in [0.25, 0.3) is 0 Å². The lowest BCUT2D eigenvalue weighted by Crippen LogP contribution is -2.42. The van der Waals surface area contributed by atoms with Gasteiger partial charge in [0.05, 0.1) is 0 Å². The summed E-state index contributed by atoms with van der Waals surface area (Å²) in [7, 11) is -1.85. The summed E-state index contributed by atoms with van der Waals surface area (Å²) in [5.41, 5.74) is 4.42. The van der Waals surface area contributed by atoms with Gasteiger partial charge in [0.2, 0.25) is 0 Å². The maximum atomic E-state index is 9.60. The van der Waals surface area contributed by atoms with E-state index in [1.54, 1.807) is 5.23 Å². The Bertz CT molecular complexity index is 73.3. The molecule has 0 aromatic carbocycles. The molecule has 0 rings (SSSR count). The van der Waals surface area contributed by atoms with E-state index in [4.69, 9.17) is 10.0 Å². The molecule has 5 N–H and O–H groups in total. The van der Waals surface area contributed by atoms with E-state index in [1.807, 2.05) is 0 Å². The van der Waals surface area contributed by atoms with E-state index >= 15 is 0 Å². The van der Waals surface area contributed by atoms with Crippen LogP contribution in [0.25, 0.3) is 0 Å². The van der Waals surface area contributed by atoms with Crippen LogP contribution >= 0.6 is 0 Å². The van der Waals surface area contributed by atoms with Crippen LogP contribution in [0.1, 0.15) is 0 Å². The summed E-state index contributed by atoms with van der Waals surface area (Å²) < 4.78 is 0. The Morgan fingerprint density at radius 2 is 2.14 bits per heavy atom. The molecule has 0 fully saturated rings. The van der Waals surface area contributed by atoms with Gasteiger partial charge < -0.3 is 21.0 Å². The third-order valence-corrected chi connectivity index (χ3v) is 0.271. The molecule has 6 heteroatoms. The van der Waals surface area contributed by atoms with Gasteiger partial charge in [-0.25, -0.2) is 0 Å². The molecule has 2 amide bonds. The lowest BCUT2D eigenvalue weighted by atomic mass is 10.2. The first-order chi connectivity index (χ1) is 3.13. The lowest BCUT2D eigenvalue weighted by molar-refractivity contribution is 0.249. The molecule has 7 heavy (non-hydrogen) atoms. The zero-order valence-electron chi connectivity index (χ0n) is 3.46. The lowest BCUT2D eigenvalue weighted by Gasteiger charge is -1.93. The fourth-order valence-corrected chi connectivity index (χ4v) is 0.127. The molecule has 0 bridgehead atoms. The van der Waals surface area contributed by atoms with Crippen molar-refractivity contribution in [2.45, 2.75) is 0 Å². The zero-order chi connectivity index (χ0) is 5.86. The second-order valence-corrected chi connectivity index (χ2v) is 0.882. The monoisotopic (exact) mass is 104 g/mol. The normalized spacial score (nSPS) is 7.71. The molecule has 0 atom stereocenters. The summed E-state index contributed by atoms with van der Waals surface area (Å²) in [5.74, 6) is 0. The molecule has 0 spiro atoms. The molecule has 0 aromatic rings. The number of rotatable bonds is 1. The Balaban J connectivity index is 3.13. The number of carbonyl (C=O) groups excluding carboxylic acids is 1. The minimum Gasteiger partial charge on any atom is -0.408 e. The third-order valence-electron chi connectivity index (χ3n) is 0.271. The quantitative estimate of drug-likeness (QED) is 0.280.